The van der Waals surface area contributed by atoms with E-state index >= 15 is 0 Å². The van der Waals surface area contributed by atoms with Crippen molar-refractivity contribution in [1.29, 1.82) is 0 Å². The Kier molecular flexibility index (Phi) is 12.0. The van der Waals surface area contributed by atoms with E-state index in [1.54, 1.807) is 0 Å². The van der Waals surface area contributed by atoms with Crippen molar-refractivity contribution in [3.63, 3.8) is 0 Å². The van der Waals surface area contributed by atoms with E-state index in [1.807, 2.05) is 45.7 Å². The monoisotopic (exact) mass is 449 g/mol. The molecule has 4 heteroatoms. The molecular formula is C9H12CoI2O. The Bertz CT molecular complexity index is 212. The summed E-state index contributed by atoms with van der Waals surface area (Å²) < 4.78 is 0. The first-order valence-corrected chi connectivity index (χ1v) is 11.2. The molecule has 0 aromatic carbocycles. The van der Waals surface area contributed by atoms with Gasteiger partial charge in [-0.3, -0.25) is 0 Å². The van der Waals surface area contributed by atoms with E-state index < -0.39 is 6.79 Å². The van der Waals surface area contributed by atoms with E-state index in [0.29, 0.717) is 0 Å². The van der Waals surface area contributed by atoms with Gasteiger partial charge in [0.2, 0.25) is 0 Å². The Morgan fingerprint density at radius 2 is 1.46 bits per heavy atom. The van der Waals surface area contributed by atoms with Gasteiger partial charge in [-0.2, -0.15) is 0 Å². The minimum atomic E-state index is -0.447. The molecule has 0 heterocycles. The second kappa shape index (κ2) is 11.1. The van der Waals surface area contributed by atoms with Crippen LogP contribution in [0.15, 0.2) is 24.3 Å². The summed E-state index contributed by atoms with van der Waals surface area (Å²) in [6.07, 6.45) is 14.0. The predicted octanol–water partition coefficient (Wildman–Crippen LogP) is 4.04. The van der Waals surface area contributed by atoms with Crippen molar-refractivity contribution >= 4 is 45.7 Å². The first kappa shape index (κ1) is 14.0. The van der Waals surface area contributed by atoms with Gasteiger partial charge in [-0.25, -0.2) is 0 Å². The van der Waals surface area contributed by atoms with Crippen molar-refractivity contribution < 1.29 is 11.6 Å². The molecule has 0 fully saturated rings. The Morgan fingerprint density at radius 3 is 1.77 bits per heavy atom. The van der Waals surface area contributed by atoms with Crippen molar-refractivity contribution in [3.05, 3.63) is 24.3 Å². The Hall–Kier alpha value is 1.03. The van der Waals surface area contributed by atoms with Gasteiger partial charge in [0.05, 0.1) is 0 Å². The van der Waals surface area contributed by atoms with E-state index in [9.17, 15) is 4.79 Å². The van der Waals surface area contributed by atoms with Crippen molar-refractivity contribution in [2.45, 2.75) is 25.7 Å². The molecule has 0 bridgehead atoms. The van der Waals surface area contributed by atoms with Gasteiger partial charge in [0.15, 0.2) is 0 Å². The van der Waals surface area contributed by atoms with Crippen LogP contribution in [0.2, 0.25) is 0 Å². The normalized spacial score (nSPS) is 16.0. The van der Waals surface area contributed by atoms with Crippen LogP contribution in [0.5, 0.6) is 0 Å². The van der Waals surface area contributed by atoms with Crippen LogP contribution in [-0.2, 0) is 11.6 Å². The molecule has 0 spiro atoms. The SMILES string of the molecule is C1=CCCCCC=C1.O=[C]=[Co]([I])[I]. The van der Waals surface area contributed by atoms with Gasteiger partial charge in [-0.05, 0) is 25.7 Å². The van der Waals surface area contributed by atoms with Gasteiger partial charge in [0.25, 0.3) is 0 Å². The van der Waals surface area contributed by atoms with Gasteiger partial charge in [-0.15, -0.1) is 0 Å². The summed E-state index contributed by atoms with van der Waals surface area (Å²) in [5.41, 5.74) is 0. The average molecular weight is 449 g/mol. The number of halogens is 2. The third-order valence-electron chi connectivity index (χ3n) is 1.43. The summed E-state index contributed by atoms with van der Waals surface area (Å²) in [7, 11) is 0. The molecule has 0 saturated heterocycles. The van der Waals surface area contributed by atoms with Crippen molar-refractivity contribution in [1.82, 2.24) is 0 Å². The molecule has 0 aromatic heterocycles. The molecule has 0 amide bonds. The first-order valence-electron chi connectivity index (χ1n) is 3.94. The average Bonchev–Trinajstić information content (AvgIpc) is 2.04. The van der Waals surface area contributed by atoms with Crippen molar-refractivity contribution in [2.24, 2.45) is 0 Å². The van der Waals surface area contributed by atoms with Crippen LogP contribution < -0.4 is 0 Å². The van der Waals surface area contributed by atoms with Crippen LogP contribution in [0, 0.1) is 0 Å². The van der Waals surface area contributed by atoms with Crippen LogP contribution >= 0.6 is 40.8 Å². The Labute approximate surface area is 106 Å². The third-order valence-corrected chi connectivity index (χ3v) is 2.80. The van der Waals surface area contributed by atoms with Crippen molar-refractivity contribution in [2.75, 3.05) is 0 Å². The van der Waals surface area contributed by atoms with E-state index in [1.165, 1.54) is 25.7 Å². The molecule has 1 aliphatic carbocycles. The molecule has 0 aromatic rings. The second-order valence-corrected chi connectivity index (χ2v) is 14.7. The Morgan fingerprint density at radius 1 is 1.08 bits per heavy atom. The Balaban J connectivity index is 0.000000252. The molecule has 0 aliphatic heterocycles. The van der Waals surface area contributed by atoms with Crippen molar-refractivity contribution in [3.8, 4) is 0 Å². The van der Waals surface area contributed by atoms with Crippen LogP contribution in [0.25, 0.3) is 0 Å². The van der Waals surface area contributed by atoms with Crippen LogP contribution in [0.4, 0.5) is 0 Å². The minimum absolute atomic E-state index is 0.447. The molecule has 77 valence electrons. The zero-order valence-corrected chi connectivity index (χ0v) is 12.5. The molecule has 0 atom stereocenters. The quantitative estimate of drug-likeness (QED) is 0.511. The number of hydrogen-bond acceptors (Lipinski definition) is 1. The summed E-state index contributed by atoms with van der Waals surface area (Å²) >= 11 is 4.06. The van der Waals surface area contributed by atoms with Gasteiger partial charge >= 0.3 is 57.2 Å². The van der Waals surface area contributed by atoms with Gasteiger partial charge in [0, 0.05) is 0 Å². The van der Waals surface area contributed by atoms with E-state index in [2.05, 4.69) is 24.3 Å². The summed E-state index contributed by atoms with van der Waals surface area (Å²) in [5.74, 6) is 0. The summed E-state index contributed by atoms with van der Waals surface area (Å²) in [6, 6.07) is 0. The van der Waals surface area contributed by atoms with Crippen LogP contribution in [0.1, 0.15) is 25.7 Å². The molecular weight excluding hydrogens is 437 g/mol. The zero-order valence-electron chi connectivity index (χ0n) is 7.14. The molecule has 1 aliphatic rings. The molecule has 0 radical (unpaired) electrons. The fourth-order valence-electron chi connectivity index (χ4n) is 0.874. The van der Waals surface area contributed by atoms with Crippen LogP contribution in [-0.4, -0.2) is 4.82 Å². The third kappa shape index (κ3) is 13.0. The molecule has 1 rings (SSSR count). The fourth-order valence-corrected chi connectivity index (χ4v) is 0.874. The molecule has 0 N–H and O–H groups in total. The first-order chi connectivity index (χ1) is 6.27. The van der Waals surface area contributed by atoms with Crippen LogP contribution in [0.3, 0.4) is 0 Å². The van der Waals surface area contributed by atoms with Gasteiger partial charge < -0.3 is 0 Å². The predicted molar refractivity (Wildman–Crippen MR) is 70.5 cm³/mol. The van der Waals surface area contributed by atoms with E-state index in [4.69, 9.17) is 0 Å². The van der Waals surface area contributed by atoms with E-state index in [-0.39, 0.29) is 0 Å². The maximum absolute atomic E-state index is 9.39. The zero-order chi connectivity index (χ0) is 9.94. The fraction of sp³-hybridized carbons (Fsp3) is 0.444. The standard InChI is InChI=1S/C8H12.CO.Co.2HI/c1-2-4-6-8-7-5-3-1;1-2;;;/h1-4H,5-8H2;;;2*1H/q;;+2;;/p-2. The molecule has 0 unspecified atom stereocenters. The summed E-state index contributed by atoms with van der Waals surface area (Å²) in [5, 5.41) is 0. The van der Waals surface area contributed by atoms with Gasteiger partial charge in [-0.1, -0.05) is 24.3 Å². The summed E-state index contributed by atoms with van der Waals surface area (Å²) in [4.78, 5) is 11.2. The topological polar surface area (TPSA) is 17.1 Å². The number of hydrogen-bond donors (Lipinski definition) is 0. The number of rotatable bonds is 0. The molecule has 0 saturated carbocycles. The maximum atomic E-state index is 9.39. The second-order valence-electron chi connectivity index (χ2n) is 2.38. The number of allylic oxidation sites excluding steroid dienone is 4. The van der Waals surface area contributed by atoms with Gasteiger partial charge in [0.1, 0.15) is 0 Å². The molecule has 13 heavy (non-hydrogen) atoms. The molecule has 1 nitrogen and oxygen atoms in total. The van der Waals surface area contributed by atoms with E-state index in [0.717, 1.165) is 0 Å². The number of carbonyl (C=O) groups excluding carboxylic acids is 1. The summed E-state index contributed by atoms with van der Waals surface area (Å²) in [6.45, 7) is -0.447.